The van der Waals surface area contributed by atoms with Gasteiger partial charge in [-0.1, -0.05) is 41.9 Å². The Bertz CT molecular complexity index is 1490. The molecule has 186 valence electrons. The van der Waals surface area contributed by atoms with Gasteiger partial charge in [0.2, 0.25) is 0 Å². The van der Waals surface area contributed by atoms with Crippen molar-refractivity contribution >= 4 is 40.5 Å². The number of carbonyl (C=O) groups is 2. The van der Waals surface area contributed by atoms with Crippen LogP contribution in [-0.4, -0.2) is 17.0 Å². The van der Waals surface area contributed by atoms with Crippen LogP contribution in [0.3, 0.4) is 0 Å². The Labute approximate surface area is 214 Å². The summed E-state index contributed by atoms with van der Waals surface area (Å²) in [5, 5.41) is 9.77. The number of carbonyl (C=O) groups excluding carboxylic acids is 1. The van der Waals surface area contributed by atoms with Crippen LogP contribution in [-0.2, 0) is 6.18 Å². The van der Waals surface area contributed by atoms with Gasteiger partial charge in [-0.05, 0) is 72.3 Å². The van der Waals surface area contributed by atoms with E-state index in [1.165, 1.54) is 35.2 Å². The molecule has 1 amide bonds. The highest BCUT2D eigenvalue weighted by atomic mass is 35.5. The molecule has 5 nitrogen and oxygen atoms in total. The molecule has 0 fully saturated rings. The minimum Gasteiger partial charge on any atom is -0.478 e. The van der Waals surface area contributed by atoms with Crippen molar-refractivity contribution in [3.8, 4) is 0 Å². The zero-order valence-corrected chi connectivity index (χ0v) is 19.7. The van der Waals surface area contributed by atoms with E-state index in [-0.39, 0.29) is 22.7 Å². The zero-order valence-electron chi connectivity index (χ0n) is 19.0. The topological polar surface area (TPSA) is 60.9 Å². The summed E-state index contributed by atoms with van der Waals surface area (Å²) < 4.78 is 41.0. The number of hydrogen-bond acceptors (Lipinski definition) is 3. The predicted molar refractivity (Wildman–Crippen MR) is 134 cm³/mol. The van der Waals surface area contributed by atoms with Crippen LogP contribution in [0, 0.1) is 0 Å². The smallest absolute Gasteiger partial charge is 0.416 e. The fourth-order valence-electron chi connectivity index (χ4n) is 4.42. The van der Waals surface area contributed by atoms with E-state index in [2.05, 4.69) is 0 Å². The van der Waals surface area contributed by atoms with Gasteiger partial charge in [-0.3, -0.25) is 9.69 Å². The molecule has 37 heavy (non-hydrogen) atoms. The second-order valence-corrected chi connectivity index (χ2v) is 8.82. The average molecular weight is 523 g/mol. The molecule has 0 saturated carbocycles. The highest BCUT2D eigenvalue weighted by Gasteiger charge is 2.41. The summed E-state index contributed by atoms with van der Waals surface area (Å²) in [7, 11) is 0. The fourth-order valence-corrected chi connectivity index (χ4v) is 4.55. The van der Waals surface area contributed by atoms with Gasteiger partial charge in [0.15, 0.2) is 0 Å². The third-order valence-corrected chi connectivity index (χ3v) is 6.37. The lowest BCUT2D eigenvalue weighted by Crippen LogP contribution is -2.48. The minimum atomic E-state index is -4.57. The molecule has 1 aliphatic rings. The minimum absolute atomic E-state index is 0.0337. The number of carboxylic acids is 1. The third kappa shape index (κ3) is 4.51. The van der Waals surface area contributed by atoms with Crippen molar-refractivity contribution < 1.29 is 27.9 Å². The van der Waals surface area contributed by atoms with Crippen molar-refractivity contribution in [3.63, 3.8) is 0 Å². The number of carboxylic acid groups (broad SMARTS) is 1. The molecule has 9 heteroatoms. The first-order valence-corrected chi connectivity index (χ1v) is 11.5. The molecule has 0 aromatic heterocycles. The zero-order chi connectivity index (χ0) is 26.3. The molecule has 0 radical (unpaired) electrons. The normalized spacial score (nSPS) is 15.5. The summed E-state index contributed by atoms with van der Waals surface area (Å²) in [6.45, 7) is 0. The largest absolute Gasteiger partial charge is 0.478 e. The lowest BCUT2D eigenvalue weighted by Gasteiger charge is -2.46. The Balaban J connectivity index is 1.78. The summed E-state index contributed by atoms with van der Waals surface area (Å²) in [4.78, 5) is 28.4. The summed E-state index contributed by atoms with van der Waals surface area (Å²) in [6, 6.07) is 24.0. The summed E-state index contributed by atoms with van der Waals surface area (Å²) >= 11 is 6.11. The molecular weight excluding hydrogens is 505 g/mol. The van der Waals surface area contributed by atoms with E-state index in [1.54, 1.807) is 59.5 Å². The van der Waals surface area contributed by atoms with Crippen LogP contribution >= 0.6 is 11.6 Å². The molecule has 0 bridgehead atoms. The van der Waals surface area contributed by atoms with Crippen LogP contribution in [0.1, 0.15) is 38.0 Å². The Kier molecular flexibility index (Phi) is 6.13. The molecule has 1 unspecified atom stereocenters. The molecular formula is C28H18ClF3N2O3. The number of aromatic carboxylic acids is 1. The average Bonchev–Trinajstić information content (AvgIpc) is 2.89. The number of alkyl halides is 3. The van der Waals surface area contributed by atoms with Gasteiger partial charge < -0.3 is 10.0 Å². The van der Waals surface area contributed by atoms with Gasteiger partial charge >= 0.3 is 12.1 Å². The Hall–Kier alpha value is -4.30. The van der Waals surface area contributed by atoms with Crippen LogP contribution in [0.15, 0.2) is 97.1 Å². The van der Waals surface area contributed by atoms with E-state index >= 15 is 0 Å². The van der Waals surface area contributed by atoms with Crippen LogP contribution in [0.4, 0.5) is 30.2 Å². The van der Waals surface area contributed by atoms with Crippen molar-refractivity contribution in [3.05, 3.63) is 124 Å². The lowest BCUT2D eigenvalue weighted by atomic mass is 9.98. The van der Waals surface area contributed by atoms with Gasteiger partial charge in [-0.2, -0.15) is 13.2 Å². The van der Waals surface area contributed by atoms with Crippen molar-refractivity contribution in [2.75, 3.05) is 9.80 Å². The number of amides is 1. The summed E-state index contributed by atoms with van der Waals surface area (Å²) in [6.07, 6.45) is -5.47. The first-order chi connectivity index (χ1) is 17.6. The maximum atomic E-state index is 13.9. The van der Waals surface area contributed by atoms with Crippen molar-refractivity contribution in [1.29, 1.82) is 0 Å². The molecule has 5 rings (SSSR count). The van der Waals surface area contributed by atoms with E-state index in [0.717, 1.165) is 12.1 Å². The van der Waals surface area contributed by atoms with E-state index in [9.17, 15) is 27.9 Å². The number of anilines is 3. The number of hydrogen-bond donors (Lipinski definition) is 1. The van der Waals surface area contributed by atoms with Crippen molar-refractivity contribution in [2.24, 2.45) is 0 Å². The lowest BCUT2D eigenvalue weighted by molar-refractivity contribution is -0.137. The van der Waals surface area contributed by atoms with Gasteiger partial charge in [0, 0.05) is 16.4 Å². The number of fused-ring (bicyclic) bond motifs is 1. The number of nitrogens with zero attached hydrogens (tertiary/aromatic N) is 2. The number of halogens is 4. The fraction of sp³-hybridized carbons (Fsp3) is 0.0714. The molecule has 1 aliphatic heterocycles. The molecule has 4 aromatic carbocycles. The van der Waals surface area contributed by atoms with Crippen LogP contribution in [0.5, 0.6) is 0 Å². The molecule has 0 spiro atoms. The Morgan fingerprint density at radius 1 is 0.811 bits per heavy atom. The van der Waals surface area contributed by atoms with Gasteiger partial charge in [0.05, 0.1) is 22.4 Å². The molecule has 1 atom stereocenters. The van der Waals surface area contributed by atoms with E-state index in [4.69, 9.17) is 11.6 Å². The third-order valence-electron chi connectivity index (χ3n) is 6.11. The SMILES string of the molecule is O=C(O)c1ccc(N2C(=O)c3ccccc3N(c3cccc(C(F)(F)F)c3)C2c2ccc(Cl)cc2)cc1. The van der Waals surface area contributed by atoms with Crippen LogP contribution in [0.25, 0.3) is 0 Å². The van der Waals surface area contributed by atoms with Gasteiger partial charge in [0.1, 0.15) is 6.17 Å². The molecule has 4 aromatic rings. The summed E-state index contributed by atoms with van der Waals surface area (Å²) in [5.41, 5.74) is 1.12. The van der Waals surface area contributed by atoms with Gasteiger partial charge in [-0.15, -0.1) is 0 Å². The van der Waals surface area contributed by atoms with Crippen LogP contribution < -0.4 is 9.80 Å². The Morgan fingerprint density at radius 2 is 1.49 bits per heavy atom. The van der Waals surface area contributed by atoms with Crippen LogP contribution in [0.2, 0.25) is 5.02 Å². The maximum Gasteiger partial charge on any atom is 0.416 e. The van der Waals surface area contributed by atoms with E-state index in [1.807, 2.05) is 0 Å². The predicted octanol–water partition coefficient (Wildman–Crippen LogP) is 7.55. The molecule has 1 N–H and O–H groups in total. The van der Waals surface area contributed by atoms with Gasteiger partial charge in [-0.25, -0.2) is 4.79 Å². The van der Waals surface area contributed by atoms with E-state index < -0.39 is 23.9 Å². The quantitative estimate of drug-likeness (QED) is 0.300. The van der Waals surface area contributed by atoms with Gasteiger partial charge in [0.25, 0.3) is 5.91 Å². The highest BCUT2D eigenvalue weighted by molar-refractivity contribution is 6.30. The summed E-state index contributed by atoms with van der Waals surface area (Å²) in [5.74, 6) is -1.51. The number of benzene rings is 4. The molecule has 0 saturated heterocycles. The van der Waals surface area contributed by atoms with Crippen molar-refractivity contribution in [2.45, 2.75) is 12.3 Å². The Morgan fingerprint density at radius 3 is 2.14 bits per heavy atom. The second-order valence-electron chi connectivity index (χ2n) is 8.39. The number of para-hydroxylation sites is 1. The maximum absolute atomic E-state index is 13.9. The molecule has 0 aliphatic carbocycles. The molecule has 1 heterocycles. The monoisotopic (exact) mass is 522 g/mol. The van der Waals surface area contributed by atoms with Crippen molar-refractivity contribution in [1.82, 2.24) is 0 Å². The second kappa shape index (κ2) is 9.29. The first kappa shape index (κ1) is 24.4. The first-order valence-electron chi connectivity index (χ1n) is 11.1. The number of rotatable bonds is 4. The standard InChI is InChI=1S/C28H18ClF3N2O3/c29-20-12-8-17(9-13-20)25-33(22-5-3-4-19(16-22)28(30,31)32)24-7-2-1-6-23(24)26(35)34(25)21-14-10-18(11-15-21)27(36)37/h1-16,25H,(H,36,37). The highest BCUT2D eigenvalue weighted by Crippen LogP contribution is 2.46. The van der Waals surface area contributed by atoms with E-state index in [0.29, 0.717) is 22.0 Å².